The van der Waals surface area contributed by atoms with Crippen LogP contribution in [-0.2, 0) is 0 Å². The number of methoxy groups -OCH3 is 2. The zero-order valence-corrected chi connectivity index (χ0v) is 15.4. The van der Waals surface area contributed by atoms with Gasteiger partial charge < -0.3 is 19.3 Å². The van der Waals surface area contributed by atoms with Crippen LogP contribution < -0.4 is 9.47 Å². The standard InChI is InChI=1S/C19H22N4O4/c1-26-14-4-5-15(17(12-14)27-2)18(24)22-8-3-9-23(11-10-22)19(25)16-13-20-6-7-21-16/h4-7,12-13H,3,8-11H2,1-2H3. The number of carbonyl (C=O) groups is 2. The van der Waals surface area contributed by atoms with E-state index < -0.39 is 0 Å². The van der Waals surface area contributed by atoms with Crippen molar-refractivity contribution in [1.82, 2.24) is 19.8 Å². The summed E-state index contributed by atoms with van der Waals surface area (Å²) in [5.41, 5.74) is 0.793. The molecule has 8 nitrogen and oxygen atoms in total. The summed E-state index contributed by atoms with van der Waals surface area (Å²) in [6, 6.07) is 5.12. The van der Waals surface area contributed by atoms with Crippen LogP contribution >= 0.6 is 0 Å². The van der Waals surface area contributed by atoms with Gasteiger partial charge in [-0.3, -0.25) is 14.6 Å². The fraction of sp³-hybridized carbons (Fsp3) is 0.368. The summed E-state index contributed by atoms with van der Waals surface area (Å²) in [7, 11) is 3.09. The number of hydrogen-bond acceptors (Lipinski definition) is 6. The Bertz CT molecular complexity index is 813. The van der Waals surface area contributed by atoms with Crippen LogP contribution in [0.5, 0.6) is 11.5 Å². The molecule has 1 saturated heterocycles. The minimum Gasteiger partial charge on any atom is -0.497 e. The third-order valence-corrected chi connectivity index (χ3v) is 4.49. The summed E-state index contributed by atoms with van der Waals surface area (Å²) in [6.45, 7) is 2.02. The maximum absolute atomic E-state index is 13.0. The highest BCUT2D eigenvalue weighted by Crippen LogP contribution is 2.26. The Morgan fingerprint density at radius 3 is 2.33 bits per heavy atom. The van der Waals surface area contributed by atoms with E-state index in [9.17, 15) is 9.59 Å². The molecule has 0 bridgehead atoms. The minimum atomic E-state index is -0.167. The fourth-order valence-electron chi connectivity index (χ4n) is 3.04. The number of ether oxygens (including phenoxy) is 2. The van der Waals surface area contributed by atoms with Crippen molar-refractivity contribution in [1.29, 1.82) is 0 Å². The predicted octanol–water partition coefficient (Wildman–Crippen LogP) is 1.48. The second-order valence-corrected chi connectivity index (χ2v) is 6.09. The van der Waals surface area contributed by atoms with Crippen molar-refractivity contribution in [3.8, 4) is 11.5 Å². The molecule has 0 saturated carbocycles. The van der Waals surface area contributed by atoms with E-state index in [-0.39, 0.29) is 11.8 Å². The maximum atomic E-state index is 13.0. The van der Waals surface area contributed by atoms with Gasteiger partial charge in [-0.05, 0) is 18.6 Å². The first-order chi connectivity index (χ1) is 13.1. The van der Waals surface area contributed by atoms with Gasteiger partial charge in [0.15, 0.2) is 0 Å². The van der Waals surface area contributed by atoms with Gasteiger partial charge in [0.25, 0.3) is 11.8 Å². The Hall–Kier alpha value is -3.16. The Balaban J connectivity index is 1.71. The van der Waals surface area contributed by atoms with Crippen LogP contribution in [-0.4, -0.2) is 72.0 Å². The minimum absolute atomic E-state index is 0.122. The monoisotopic (exact) mass is 370 g/mol. The Kier molecular flexibility index (Phi) is 5.85. The summed E-state index contributed by atoms with van der Waals surface area (Å²) in [4.78, 5) is 37.0. The number of rotatable bonds is 4. The lowest BCUT2D eigenvalue weighted by molar-refractivity contribution is 0.0713. The number of hydrogen-bond donors (Lipinski definition) is 0. The van der Waals surface area contributed by atoms with Crippen LogP contribution in [0.15, 0.2) is 36.8 Å². The normalized spacial score (nSPS) is 14.4. The molecule has 8 heteroatoms. The van der Waals surface area contributed by atoms with Crippen LogP contribution in [0.1, 0.15) is 27.3 Å². The van der Waals surface area contributed by atoms with Crippen LogP contribution in [0.4, 0.5) is 0 Å². The van der Waals surface area contributed by atoms with Gasteiger partial charge in [0.2, 0.25) is 0 Å². The molecule has 2 heterocycles. The molecule has 0 unspecified atom stereocenters. The van der Waals surface area contributed by atoms with E-state index in [0.717, 1.165) is 0 Å². The molecule has 0 N–H and O–H groups in total. The lowest BCUT2D eigenvalue weighted by Gasteiger charge is -2.23. The van der Waals surface area contributed by atoms with E-state index in [4.69, 9.17) is 9.47 Å². The molecule has 0 atom stereocenters. The van der Waals surface area contributed by atoms with Crippen molar-refractivity contribution in [2.24, 2.45) is 0 Å². The highest BCUT2D eigenvalue weighted by Gasteiger charge is 2.25. The van der Waals surface area contributed by atoms with E-state index in [1.54, 1.807) is 35.1 Å². The molecule has 0 radical (unpaired) electrons. The molecule has 27 heavy (non-hydrogen) atoms. The van der Waals surface area contributed by atoms with E-state index in [2.05, 4.69) is 9.97 Å². The summed E-state index contributed by atoms with van der Waals surface area (Å²) in [5, 5.41) is 0. The Morgan fingerprint density at radius 2 is 1.70 bits per heavy atom. The molecule has 1 fully saturated rings. The molecule has 1 aliphatic heterocycles. The van der Waals surface area contributed by atoms with Crippen molar-refractivity contribution in [2.75, 3.05) is 40.4 Å². The fourth-order valence-corrected chi connectivity index (χ4v) is 3.04. The molecule has 142 valence electrons. The number of carbonyl (C=O) groups excluding carboxylic acids is 2. The lowest BCUT2D eigenvalue weighted by Crippen LogP contribution is -2.37. The first-order valence-corrected chi connectivity index (χ1v) is 8.70. The molecular formula is C19H22N4O4. The third kappa shape index (κ3) is 4.16. The van der Waals surface area contributed by atoms with Crippen LogP contribution in [0, 0.1) is 0 Å². The molecule has 1 aromatic heterocycles. The van der Waals surface area contributed by atoms with Crippen LogP contribution in [0.3, 0.4) is 0 Å². The van der Waals surface area contributed by atoms with Crippen molar-refractivity contribution >= 4 is 11.8 Å². The van der Waals surface area contributed by atoms with Crippen LogP contribution in [0.2, 0.25) is 0 Å². The molecular weight excluding hydrogens is 348 g/mol. The summed E-state index contributed by atoms with van der Waals surface area (Å²) >= 11 is 0. The Morgan fingerprint density at radius 1 is 0.963 bits per heavy atom. The van der Waals surface area contributed by atoms with E-state index in [0.29, 0.717) is 55.4 Å². The number of nitrogens with zero attached hydrogens (tertiary/aromatic N) is 4. The molecule has 0 spiro atoms. The van der Waals surface area contributed by atoms with Gasteiger partial charge >= 0.3 is 0 Å². The first kappa shape index (κ1) is 18.6. The maximum Gasteiger partial charge on any atom is 0.274 e. The molecule has 2 aromatic rings. The third-order valence-electron chi connectivity index (χ3n) is 4.49. The number of amides is 2. The molecule has 3 rings (SSSR count). The van der Waals surface area contributed by atoms with Crippen molar-refractivity contribution in [3.63, 3.8) is 0 Å². The average molecular weight is 370 g/mol. The van der Waals surface area contributed by atoms with Crippen LogP contribution in [0.25, 0.3) is 0 Å². The first-order valence-electron chi connectivity index (χ1n) is 8.70. The van der Waals surface area contributed by atoms with Crippen molar-refractivity contribution < 1.29 is 19.1 Å². The summed E-state index contributed by atoms with van der Waals surface area (Å²) in [6.07, 6.45) is 5.17. The van der Waals surface area contributed by atoms with E-state index in [1.165, 1.54) is 25.7 Å². The van der Waals surface area contributed by atoms with E-state index in [1.807, 2.05) is 0 Å². The van der Waals surface area contributed by atoms with Crippen molar-refractivity contribution in [3.05, 3.63) is 48.0 Å². The topological polar surface area (TPSA) is 84.9 Å². The Labute approximate surface area is 157 Å². The van der Waals surface area contributed by atoms with Crippen molar-refractivity contribution in [2.45, 2.75) is 6.42 Å². The lowest BCUT2D eigenvalue weighted by atomic mass is 10.1. The van der Waals surface area contributed by atoms with Gasteiger partial charge in [-0.2, -0.15) is 0 Å². The average Bonchev–Trinajstić information content (AvgIpc) is 2.99. The van der Waals surface area contributed by atoms with Gasteiger partial charge in [0, 0.05) is 44.6 Å². The largest absolute Gasteiger partial charge is 0.497 e. The van der Waals surface area contributed by atoms with Gasteiger partial charge in [-0.25, -0.2) is 4.98 Å². The molecule has 2 amide bonds. The molecule has 0 aliphatic carbocycles. The van der Waals surface area contributed by atoms with E-state index >= 15 is 0 Å². The van der Waals surface area contributed by atoms with Gasteiger partial charge in [0.05, 0.1) is 26.0 Å². The smallest absolute Gasteiger partial charge is 0.274 e. The van der Waals surface area contributed by atoms with Gasteiger partial charge in [-0.1, -0.05) is 0 Å². The van der Waals surface area contributed by atoms with Gasteiger partial charge in [-0.15, -0.1) is 0 Å². The SMILES string of the molecule is COc1ccc(C(=O)N2CCCN(C(=O)c3cnccn3)CC2)c(OC)c1. The second-order valence-electron chi connectivity index (χ2n) is 6.09. The number of aromatic nitrogens is 2. The quantitative estimate of drug-likeness (QED) is 0.811. The number of benzene rings is 1. The second kappa shape index (κ2) is 8.48. The highest BCUT2D eigenvalue weighted by molar-refractivity contribution is 5.97. The summed E-state index contributed by atoms with van der Waals surface area (Å²) < 4.78 is 10.5. The van der Waals surface area contributed by atoms with Gasteiger partial charge in [0.1, 0.15) is 17.2 Å². The summed E-state index contributed by atoms with van der Waals surface area (Å²) in [5.74, 6) is 0.804. The zero-order valence-electron chi connectivity index (χ0n) is 15.4. The molecule has 1 aliphatic rings. The zero-order chi connectivity index (χ0) is 19.2. The highest BCUT2D eigenvalue weighted by atomic mass is 16.5. The predicted molar refractivity (Wildman–Crippen MR) is 98.0 cm³/mol. The molecule has 1 aromatic carbocycles.